The summed E-state index contributed by atoms with van der Waals surface area (Å²) in [4.78, 5) is 14.7. The monoisotopic (exact) mass is 380 g/mol. The van der Waals surface area contributed by atoms with Crippen LogP contribution < -0.4 is 5.73 Å². The Morgan fingerprint density at radius 3 is 2.42 bits per heavy atom. The normalized spacial score (nSPS) is 15.7. The number of amides is 1. The molecule has 26 heavy (non-hydrogen) atoms. The van der Waals surface area contributed by atoms with Crippen LogP contribution in [0.3, 0.4) is 0 Å². The maximum Gasteiger partial charge on any atom is 0.227 e. The molecule has 1 fully saturated rings. The van der Waals surface area contributed by atoms with Crippen molar-refractivity contribution in [3.8, 4) is 0 Å². The van der Waals surface area contributed by atoms with Gasteiger partial charge >= 0.3 is 0 Å². The van der Waals surface area contributed by atoms with Gasteiger partial charge in [-0.2, -0.15) is 0 Å². The molecule has 0 aliphatic heterocycles. The van der Waals surface area contributed by atoms with Crippen LogP contribution in [-0.2, 0) is 11.3 Å². The van der Waals surface area contributed by atoms with Crippen LogP contribution in [0.1, 0.15) is 36.9 Å². The molecule has 0 heterocycles. The van der Waals surface area contributed by atoms with Crippen LogP contribution in [0, 0.1) is 17.6 Å². The highest BCUT2D eigenvalue weighted by atomic mass is 35.5. The molecule has 0 saturated heterocycles. The third-order valence-corrected chi connectivity index (χ3v) is 4.74. The van der Waals surface area contributed by atoms with Crippen molar-refractivity contribution in [2.24, 2.45) is 11.7 Å². The van der Waals surface area contributed by atoms with Crippen molar-refractivity contribution < 1.29 is 13.6 Å². The lowest BCUT2D eigenvalue weighted by molar-refractivity contribution is -0.137. The molecule has 2 N–H and O–H groups in total. The Labute approximate surface area is 158 Å². The highest BCUT2D eigenvalue weighted by Crippen LogP contribution is 2.32. The van der Waals surface area contributed by atoms with Crippen molar-refractivity contribution in [3.63, 3.8) is 0 Å². The van der Waals surface area contributed by atoms with Gasteiger partial charge in [0.25, 0.3) is 0 Å². The molecule has 0 aromatic heterocycles. The van der Waals surface area contributed by atoms with E-state index in [1.165, 1.54) is 12.1 Å². The Balaban J connectivity index is 0.00000243. The maximum absolute atomic E-state index is 14.0. The fraction of sp³-hybridized carbons (Fsp3) is 0.350. The van der Waals surface area contributed by atoms with Gasteiger partial charge in [-0.1, -0.05) is 43.3 Å². The number of rotatable bonds is 6. The molecule has 2 atom stereocenters. The van der Waals surface area contributed by atoms with Gasteiger partial charge < -0.3 is 10.6 Å². The molecule has 6 heteroatoms. The number of nitrogens with zero attached hydrogens (tertiary/aromatic N) is 1. The Bertz CT molecular complexity index is 753. The largest absolute Gasteiger partial charge is 0.335 e. The van der Waals surface area contributed by atoms with Crippen LogP contribution in [0.4, 0.5) is 8.78 Å². The summed E-state index contributed by atoms with van der Waals surface area (Å²) >= 11 is 0. The van der Waals surface area contributed by atoms with Gasteiger partial charge in [-0.25, -0.2) is 8.78 Å². The van der Waals surface area contributed by atoms with Crippen molar-refractivity contribution in [1.82, 2.24) is 4.90 Å². The summed E-state index contributed by atoms with van der Waals surface area (Å²) in [7, 11) is 0. The molecule has 0 spiro atoms. The van der Waals surface area contributed by atoms with Gasteiger partial charge in [0.2, 0.25) is 5.91 Å². The van der Waals surface area contributed by atoms with Gasteiger partial charge in [-0.05, 0) is 24.5 Å². The van der Waals surface area contributed by atoms with Gasteiger partial charge in [0, 0.05) is 30.3 Å². The number of benzene rings is 2. The molecule has 0 bridgehead atoms. The van der Waals surface area contributed by atoms with E-state index in [0.29, 0.717) is 5.56 Å². The SMILES string of the molecule is CC(C(=O)N(Cc1ccc(F)cc1F)C1CC1)C(N)c1ccccc1.Cl. The fourth-order valence-electron chi connectivity index (χ4n) is 2.99. The van der Waals surface area contributed by atoms with Crippen molar-refractivity contribution >= 4 is 18.3 Å². The second-order valence-corrected chi connectivity index (χ2v) is 6.66. The first-order valence-electron chi connectivity index (χ1n) is 8.52. The Hall–Kier alpha value is -1.98. The number of carbonyl (C=O) groups is 1. The molecule has 0 radical (unpaired) electrons. The zero-order chi connectivity index (χ0) is 18.0. The second kappa shape index (κ2) is 8.60. The summed E-state index contributed by atoms with van der Waals surface area (Å²) in [6.07, 6.45) is 1.81. The van der Waals surface area contributed by atoms with Gasteiger partial charge in [-0.15, -0.1) is 12.4 Å². The van der Waals surface area contributed by atoms with Crippen molar-refractivity contribution in [3.05, 3.63) is 71.3 Å². The zero-order valence-electron chi connectivity index (χ0n) is 14.6. The lowest BCUT2D eigenvalue weighted by Gasteiger charge is -2.29. The van der Waals surface area contributed by atoms with Crippen LogP contribution in [0.2, 0.25) is 0 Å². The number of hydrogen-bond acceptors (Lipinski definition) is 2. The van der Waals surface area contributed by atoms with Gasteiger partial charge in [-0.3, -0.25) is 4.79 Å². The molecule has 1 amide bonds. The average Bonchev–Trinajstić information content (AvgIpc) is 3.45. The van der Waals surface area contributed by atoms with Crippen molar-refractivity contribution in [2.75, 3.05) is 0 Å². The molecule has 1 aliphatic rings. The average molecular weight is 381 g/mol. The molecule has 2 aromatic rings. The third-order valence-electron chi connectivity index (χ3n) is 4.74. The first-order chi connectivity index (χ1) is 12.0. The van der Waals surface area contributed by atoms with Crippen LogP contribution in [0.5, 0.6) is 0 Å². The van der Waals surface area contributed by atoms with Gasteiger partial charge in [0.15, 0.2) is 0 Å². The number of carbonyl (C=O) groups excluding carboxylic acids is 1. The summed E-state index contributed by atoms with van der Waals surface area (Å²) < 4.78 is 27.1. The van der Waals surface area contributed by atoms with E-state index in [-0.39, 0.29) is 30.9 Å². The summed E-state index contributed by atoms with van der Waals surface area (Å²) in [5, 5.41) is 0. The first kappa shape index (κ1) is 20.3. The van der Waals surface area contributed by atoms with E-state index in [1.54, 1.807) is 11.8 Å². The molecular formula is C20H23ClF2N2O. The second-order valence-electron chi connectivity index (χ2n) is 6.66. The minimum absolute atomic E-state index is 0. The Morgan fingerprint density at radius 2 is 1.85 bits per heavy atom. The molecule has 3 nitrogen and oxygen atoms in total. The van der Waals surface area contributed by atoms with E-state index in [0.717, 1.165) is 24.5 Å². The van der Waals surface area contributed by atoms with Crippen LogP contribution in [-0.4, -0.2) is 16.8 Å². The van der Waals surface area contributed by atoms with Crippen molar-refractivity contribution in [1.29, 1.82) is 0 Å². The zero-order valence-corrected chi connectivity index (χ0v) is 15.4. The summed E-state index contributed by atoms with van der Waals surface area (Å²) in [6, 6.07) is 12.6. The fourth-order valence-corrected chi connectivity index (χ4v) is 2.99. The third kappa shape index (κ3) is 4.59. The number of nitrogens with two attached hydrogens (primary N) is 1. The lowest BCUT2D eigenvalue weighted by Crippen LogP contribution is -2.40. The standard InChI is InChI=1S/C20H22F2N2O.ClH/c1-13(19(23)14-5-3-2-4-6-14)20(25)24(17-9-10-17)12-15-7-8-16(21)11-18(15)22;/h2-8,11,13,17,19H,9-10,12,23H2,1H3;1H. The molecule has 1 saturated carbocycles. The molecule has 3 rings (SSSR count). The van der Waals surface area contributed by atoms with Crippen molar-refractivity contribution in [2.45, 2.75) is 38.4 Å². The Kier molecular flexibility index (Phi) is 6.73. The molecule has 2 unspecified atom stereocenters. The number of halogens is 3. The summed E-state index contributed by atoms with van der Waals surface area (Å²) in [5.74, 6) is -1.77. The first-order valence-corrected chi connectivity index (χ1v) is 8.52. The van der Waals surface area contributed by atoms with Crippen LogP contribution >= 0.6 is 12.4 Å². The highest BCUT2D eigenvalue weighted by molar-refractivity contribution is 5.85. The quantitative estimate of drug-likeness (QED) is 0.815. The van der Waals surface area contributed by atoms with Gasteiger partial charge in [0.05, 0.1) is 5.92 Å². The van der Waals surface area contributed by atoms with E-state index in [9.17, 15) is 13.6 Å². The predicted octanol–water partition coefficient (Wildman–Crippen LogP) is 4.21. The molecule has 140 valence electrons. The summed E-state index contributed by atoms with van der Waals surface area (Å²) in [5.41, 5.74) is 7.49. The lowest BCUT2D eigenvalue weighted by atomic mass is 9.94. The highest BCUT2D eigenvalue weighted by Gasteiger charge is 2.36. The van der Waals surface area contributed by atoms with Crippen LogP contribution in [0.15, 0.2) is 48.5 Å². The minimum Gasteiger partial charge on any atom is -0.335 e. The minimum atomic E-state index is -0.626. The Morgan fingerprint density at radius 1 is 1.19 bits per heavy atom. The molecular weight excluding hydrogens is 358 g/mol. The van der Waals surface area contributed by atoms with E-state index in [4.69, 9.17) is 5.73 Å². The molecule has 1 aliphatic carbocycles. The smallest absolute Gasteiger partial charge is 0.227 e. The number of hydrogen-bond donors (Lipinski definition) is 1. The van der Waals surface area contributed by atoms with Gasteiger partial charge in [0.1, 0.15) is 11.6 Å². The van der Waals surface area contributed by atoms with E-state index < -0.39 is 23.6 Å². The predicted molar refractivity (Wildman–Crippen MR) is 99.7 cm³/mol. The van der Waals surface area contributed by atoms with E-state index in [2.05, 4.69) is 0 Å². The maximum atomic E-state index is 14.0. The molecule has 2 aromatic carbocycles. The van der Waals surface area contributed by atoms with E-state index in [1.807, 2.05) is 30.3 Å². The van der Waals surface area contributed by atoms with E-state index >= 15 is 0 Å². The topological polar surface area (TPSA) is 46.3 Å². The van der Waals surface area contributed by atoms with Crippen LogP contribution in [0.25, 0.3) is 0 Å². The summed E-state index contributed by atoms with van der Waals surface area (Å²) in [6.45, 7) is 1.94.